The first kappa shape index (κ1) is 21.0. The highest BCUT2D eigenvalue weighted by Gasteiger charge is 2.24. The molecule has 0 N–H and O–H groups in total. The highest BCUT2D eigenvalue weighted by atomic mass is 16.5. The Balaban J connectivity index is 1.37. The highest BCUT2D eigenvalue weighted by Crippen LogP contribution is 2.38. The third-order valence-electron chi connectivity index (χ3n) is 5.43. The molecule has 3 aromatic rings. The van der Waals surface area contributed by atoms with Gasteiger partial charge in [-0.05, 0) is 43.2 Å². The molecule has 0 saturated carbocycles. The second-order valence-electron chi connectivity index (χ2n) is 7.48. The lowest BCUT2D eigenvalue weighted by molar-refractivity contribution is 0.0914. The molecule has 0 unspecified atom stereocenters. The fourth-order valence-corrected chi connectivity index (χ4v) is 3.79. The zero-order valence-electron chi connectivity index (χ0n) is 18.0. The molecule has 2 aromatic carbocycles. The average molecular weight is 421 g/mol. The van der Waals surface area contributed by atoms with Gasteiger partial charge in [0, 0.05) is 31.4 Å². The highest BCUT2D eigenvalue weighted by molar-refractivity contribution is 5.51. The average Bonchev–Trinajstić information content (AvgIpc) is 2.82. The lowest BCUT2D eigenvalue weighted by Crippen LogP contribution is -2.37. The number of pyridine rings is 1. The summed E-state index contributed by atoms with van der Waals surface area (Å²) in [7, 11) is 3.30. The van der Waals surface area contributed by atoms with Crippen LogP contribution in [0.2, 0.25) is 0 Å². The summed E-state index contributed by atoms with van der Waals surface area (Å²) < 4.78 is 23.3. The SMILES string of the molecule is COc1cccc(OC)c1OC1CCN(Cc2ccccc2Oc2cccnc2)CC1. The predicted octanol–water partition coefficient (Wildman–Crippen LogP) is 4.93. The standard InChI is InChI=1S/C25H28N2O4/c1-28-23-10-5-11-24(29-2)25(23)31-20-12-15-27(16-13-20)18-19-7-3-4-9-22(19)30-21-8-6-14-26-17-21/h3-11,14,17,20H,12-13,15-16,18H2,1-2H3. The molecule has 31 heavy (non-hydrogen) atoms. The number of nitrogens with zero attached hydrogens (tertiary/aromatic N) is 2. The molecule has 1 aliphatic rings. The first-order valence-corrected chi connectivity index (χ1v) is 10.5. The van der Waals surface area contributed by atoms with E-state index in [9.17, 15) is 0 Å². The van der Waals surface area contributed by atoms with E-state index in [-0.39, 0.29) is 6.10 Å². The smallest absolute Gasteiger partial charge is 0.203 e. The molecule has 2 heterocycles. The summed E-state index contributed by atoms with van der Waals surface area (Å²) in [5, 5.41) is 0. The number of methoxy groups -OCH3 is 2. The van der Waals surface area contributed by atoms with Crippen LogP contribution in [0.15, 0.2) is 67.0 Å². The van der Waals surface area contributed by atoms with Gasteiger partial charge in [0.05, 0.1) is 20.4 Å². The van der Waals surface area contributed by atoms with E-state index in [0.29, 0.717) is 17.2 Å². The minimum atomic E-state index is 0.128. The van der Waals surface area contributed by atoms with Gasteiger partial charge in [-0.25, -0.2) is 0 Å². The summed E-state index contributed by atoms with van der Waals surface area (Å²) in [5.41, 5.74) is 1.16. The second kappa shape index (κ2) is 10.2. The number of likely N-dealkylation sites (tertiary alicyclic amines) is 1. The van der Waals surface area contributed by atoms with Gasteiger partial charge < -0.3 is 18.9 Å². The van der Waals surface area contributed by atoms with Gasteiger partial charge in [-0.1, -0.05) is 24.3 Å². The monoisotopic (exact) mass is 420 g/mol. The molecule has 162 valence electrons. The Morgan fingerprint density at radius 3 is 2.26 bits per heavy atom. The van der Waals surface area contributed by atoms with Gasteiger partial charge in [-0.3, -0.25) is 9.88 Å². The van der Waals surface area contributed by atoms with E-state index in [4.69, 9.17) is 18.9 Å². The van der Waals surface area contributed by atoms with Crippen molar-refractivity contribution >= 4 is 0 Å². The van der Waals surface area contributed by atoms with Crippen LogP contribution in [0.4, 0.5) is 0 Å². The van der Waals surface area contributed by atoms with Crippen LogP contribution >= 0.6 is 0 Å². The van der Waals surface area contributed by atoms with Crippen molar-refractivity contribution in [1.29, 1.82) is 0 Å². The molecule has 4 rings (SSSR count). The molecule has 1 saturated heterocycles. The van der Waals surface area contributed by atoms with Crippen molar-refractivity contribution in [3.05, 3.63) is 72.6 Å². The quantitative estimate of drug-likeness (QED) is 0.515. The number of benzene rings is 2. The van der Waals surface area contributed by atoms with Gasteiger partial charge in [-0.2, -0.15) is 0 Å². The van der Waals surface area contributed by atoms with E-state index in [1.807, 2.05) is 42.5 Å². The van der Waals surface area contributed by atoms with Crippen molar-refractivity contribution in [3.63, 3.8) is 0 Å². The van der Waals surface area contributed by atoms with Crippen LogP contribution in [0, 0.1) is 0 Å². The largest absolute Gasteiger partial charge is 0.493 e. The Morgan fingerprint density at radius 2 is 1.58 bits per heavy atom. The molecular weight excluding hydrogens is 392 g/mol. The summed E-state index contributed by atoms with van der Waals surface area (Å²) in [5.74, 6) is 3.69. The zero-order chi connectivity index (χ0) is 21.5. The number of ether oxygens (including phenoxy) is 4. The van der Waals surface area contributed by atoms with Crippen molar-refractivity contribution in [2.45, 2.75) is 25.5 Å². The Bertz CT molecular complexity index is 950. The Labute approximate surface area is 183 Å². The molecule has 0 atom stereocenters. The number of hydrogen-bond acceptors (Lipinski definition) is 6. The summed E-state index contributed by atoms with van der Waals surface area (Å²) in [6.45, 7) is 2.73. The van der Waals surface area contributed by atoms with E-state index in [1.165, 1.54) is 0 Å². The minimum absolute atomic E-state index is 0.128. The lowest BCUT2D eigenvalue weighted by atomic mass is 10.1. The van der Waals surface area contributed by atoms with Crippen molar-refractivity contribution in [2.75, 3.05) is 27.3 Å². The van der Waals surface area contributed by atoms with Crippen LogP contribution in [-0.2, 0) is 6.54 Å². The molecule has 0 amide bonds. The summed E-state index contributed by atoms with van der Waals surface area (Å²) in [4.78, 5) is 6.56. The van der Waals surface area contributed by atoms with E-state index in [0.717, 1.165) is 49.5 Å². The van der Waals surface area contributed by atoms with Gasteiger partial charge >= 0.3 is 0 Å². The van der Waals surface area contributed by atoms with Crippen LogP contribution in [0.1, 0.15) is 18.4 Å². The topological polar surface area (TPSA) is 53.0 Å². The summed E-state index contributed by atoms with van der Waals surface area (Å²) in [6.07, 6.45) is 5.47. The second-order valence-corrected chi connectivity index (χ2v) is 7.48. The molecule has 0 bridgehead atoms. The number of aromatic nitrogens is 1. The third kappa shape index (κ3) is 5.27. The van der Waals surface area contributed by atoms with E-state index in [1.54, 1.807) is 26.6 Å². The molecule has 1 aromatic heterocycles. The van der Waals surface area contributed by atoms with Crippen LogP contribution in [0.25, 0.3) is 0 Å². The van der Waals surface area contributed by atoms with Crippen molar-refractivity contribution in [2.24, 2.45) is 0 Å². The number of rotatable bonds is 8. The van der Waals surface area contributed by atoms with Crippen molar-refractivity contribution in [1.82, 2.24) is 9.88 Å². The Hall–Kier alpha value is -3.25. The third-order valence-corrected chi connectivity index (χ3v) is 5.43. The fraction of sp³-hybridized carbons (Fsp3) is 0.320. The Kier molecular flexibility index (Phi) is 6.89. The van der Waals surface area contributed by atoms with Crippen molar-refractivity contribution < 1.29 is 18.9 Å². The molecule has 6 heteroatoms. The van der Waals surface area contributed by atoms with Gasteiger partial charge in [0.1, 0.15) is 17.6 Å². The van der Waals surface area contributed by atoms with Crippen LogP contribution in [0.5, 0.6) is 28.7 Å². The van der Waals surface area contributed by atoms with Crippen LogP contribution < -0.4 is 18.9 Å². The number of hydrogen-bond donors (Lipinski definition) is 0. The van der Waals surface area contributed by atoms with Crippen LogP contribution in [0.3, 0.4) is 0 Å². The minimum Gasteiger partial charge on any atom is -0.493 e. The van der Waals surface area contributed by atoms with E-state index < -0.39 is 0 Å². The van der Waals surface area contributed by atoms with E-state index >= 15 is 0 Å². The summed E-state index contributed by atoms with van der Waals surface area (Å²) in [6, 6.07) is 17.7. The first-order chi connectivity index (χ1) is 15.3. The van der Waals surface area contributed by atoms with Gasteiger partial charge in [0.2, 0.25) is 5.75 Å². The molecule has 0 radical (unpaired) electrons. The molecule has 0 aliphatic carbocycles. The van der Waals surface area contributed by atoms with Gasteiger partial charge in [0.25, 0.3) is 0 Å². The maximum Gasteiger partial charge on any atom is 0.203 e. The molecule has 1 aliphatic heterocycles. The first-order valence-electron chi connectivity index (χ1n) is 10.5. The fourth-order valence-electron chi connectivity index (χ4n) is 3.79. The van der Waals surface area contributed by atoms with Gasteiger partial charge in [-0.15, -0.1) is 0 Å². The maximum absolute atomic E-state index is 6.29. The van der Waals surface area contributed by atoms with E-state index in [2.05, 4.69) is 22.0 Å². The van der Waals surface area contributed by atoms with Gasteiger partial charge in [0.15, 0.2) is 11.5 Å². The summed E-state index contributed by atoms with van der Waals surface area (Å²) >= 11 is 0. The van der Waals surface area contributed by atoms with Crippen molar-refractivity contribution in [3.8, 4) is 28.7 Å². The molecule has 1 fully saturated rings. The predicted molar refractivity (Wildman–Crippen MR) is 119 cm³/mol. The molecule has 6 nitrogen and oxygen atoms in total. The number of piperidine rings is 1. The molecular formula is C25H28N2O4. The maximum atomic E-state index is 6.29. The van der Waals surface area contributed by atoms with Crippen LogP contribution in [-0.4, -0.2) is 43.3 Å². The molecule has 0 spiro atoms. The lowest BCUT2D eigenvalue weighted by Gasteiger charge is -2.33. The Morgan fingerprint density at radius 1 is 0.871 bits per heavy atom. The zero-order valence-corrected chi connectivity index (χ0v) is 18.0. The number of para-hydroxylation sites is 2. The normalized spacial score (nSPS) is 14.8.